The Bertz CT molecular complexity index is 322. The molecule has 1 aromatic rings. The average Bonchev–Trinajstić information content (AvgIpc) is 2.57. The summed E-state index contributed by atoms with van der Waals surface area (Å²) in [6, 6.07) is 2.69. The Morgan fingerprint density at radius 3 is 3.00 bits per heavy atom. The summed E-state index contributed by atoms with van der Waals surface area (Å²) in [4.78, 5) is 3.74. The van der Waals surface area contributed by atoms with E-state index >= 15 is 0 Å². The van der Waals surface area contributed by atoms with Gasteiger partial charge in [-0.1, -0.05) is 11.6 Å². The molecule has 0 aliphatic carbocycles. The van der Waals surface area contributed by atoms with E-state index in [0.29, 0.717) is 6.04 Å². The van der Waals surface area contributed by atoms with Crippen molar-refractivity contribution in [2.75, 3.05) is 20.1 Å². The van der Waals surface area contributed by atoms with Crippen LogP contribution in [0.15, 0.2) is 11.4 Å². The average molecular weight is 295 g/mol. The molecule has 0 radical (unpaired) electrons. The second-order valence-electron chi connectivity index (χ2n) is 4.44. The number of hydrogen-bond donors (Lipinski definition) is 1. The molecule has 17 heavy (non-hydrogen) atoms. The van der Waals surface area contributed by atoms with Crippen LogP contribution in [0.2, 0.25) is 5.02 Å². The highest BCUT2D eigenvalue weighted by atomic mass is 35.5. The maximum Gasteiger partial charge on any atom is 0.0558 e. The minimum atomic E-state index is 0. The van der Waals surface area contributed by atoms with Crippen LogP contribution in [0.3, 0.4) is 0 Å². The molecule has 1 N–H and O–H groups in total. The van der Waals surface area contributed by atoms with Crippen molar-refractivity contribution in [3.8, 4) is 0 Å². The van der Waals surface area contributed by atoms with Crippen LogP contribution in [0.1, 0.15) is 24.1 Å². The van der Waals surface area contributed by atoms with Crippen molar-refractivity contribution in [1.82, 2.24) is 10.2 Å². The lowest BCUT2D eigenvalue weighted by Crippen LogP contribution is -2.31. The third kappa shape index (κ3) is 4.42. The molecule has 1 unspecified atom stereocenters. The molecular weight excluding hydrogens is 275 g/mol. The lowest BCUT2D eigenvalue weighted by Gasteiger charge is -2.26. The van der Waals surface area contributed by atoms with Gasteiger partial charge < -0.3 is 5.32 Å². The highest BCUT2D eigenvalue weighted by molar-refractivity contribution is 7.10. The van der Waals surface area contributed by atoms with Gasteiger partial charge in [0, 0.05) is 17.5 Å². The summed E-state index contributed by atoms with van der Waals surface area (Å²) in [7, 11) is 2.21. The van der Waals surface area contributed by atoms with Gasteiger partial charge >= 0.3 is 0 Å². The summed E-state index contributed by atoms with van der Waals surface area (Å²) in [5.41, 5.74) is 0. The molecule has 5 heteroatoms. The zero-order valence-corrected chi connectivity index (χ0v) is 12.5. The molecule has 2 rings (SSSR count). The van der Waals surface area contributed by atoms with Crippen LogP contribution in [0.5, 0.6) is 0 Å². The van der Waals surface area contributed by atoms with Gasteiger partial charge in [-0.25, -0.2) is 0 Å². The Labute approximate surface area is 119 Å². The van der Waals surface area contributed by atoms with Gasteiger partial charge in [0.25, 0.3) is 0 Å². The summed E-state index contributed by atoms with van der Waals surface area (Å²) in [6.07, 6.45) is 3.83. The van der Waals surface area contributed by atoms with Crippen molar-refractivity contribution in [3.05, 3.63) is 21.3 Å². The fourth-order valence-electron chi connectivity index (χ4n) is 2.24. The molecular formula is C12H20Cl2N2S. The van der Waals surface area contributed by atoms with Gasteiger partial charge in [0.2, 0.25) is 0 Å². The van der Waals surface area contributed by atoms with E-state index in [1.807, 2.05) is 6.07 Å². The van der Waals surface area contributed by atoms with Crippen molar-refractivity contribution in [2.45, 2.75) is 31.8 Å². The predicted molar refractivity (Wildman–Crippen MR) is 78.6 cm³/mol. The minimum Gasteiger partial charge on any atom is -0.317 e. The van der Waals surface area contributed by atoms with Gasteiger partial charge in [-0.3, -0.25) is 4.90 Å². The first kappa shape index (κ1) is 15.3. The Balaban J connectivity index is 0.00000144. The maximum atomic E-state index is 6.13. The molecule has 0 bridgehead atoms. The largest absolute Gasteiger partial charge is 0.317 e. The van der Waals surface area contributed by atoms with E-state index in [4.69, 9.17) is 11.6 Å². The van der Waals surface area contributed by atoms with Gasteiger partial charge in [-0.05, 0) is 50.8 Å². The molecule has 2 heterocycles. The zero-order valence-electron chi connectivity index (χ0n) is 10.1. The molecule has 0 saturated carbocycles. The fraction of sp³-hybridized carbons (Fsp3) is 0.667. The lowest BCUT2D eigenvalue weighted by atomic mass is 10.1. The normalized spacial score (nSPS) is 21.0. The van der Waals surface area contributed by atoms with Gasteiger partial charge in [-0.15, -0.1) is 23.7 Å². The van der Waals surface area contributed by atoms with Crippen molar-refractivity contribution in [1.29, 1.82) is 0 Å². The molecule has 1 aromatic heterocycles. The van der Waals surface area contributed by atoms with Crippen LogP contribution in [0.4, 0.5) is 0 Å². The Kier molecular flexibility index (Phi) is 6.82. The highest BCUT2D eigenvalue weighted by Gasteiger charge is 2.17. The van der Waals surface area contributed by atoms with E-state index in [1.54, 1.807) is 11.3 Å². The number of hydrogen-bond acceptors (Lipinski definition) is 3. The van der Waals surface area contributed by atoms with Crippen LogP contribution < -0.4 is 5.32 Å². The van der Waals surface area contributed by atoms with Gasteiger partial charge in [0.15, 0.2) is 0 Å². The molecule has 1 saturated heterocycles. The topological polar surface area (TPSA) is 15.3 Å². The van der Waals surface area contributed by atoms with Crippen molar-refractivity contribution < 1.29 is 0 Å². The molecule has 1 aliphatic heterocycles. The van der Waals surface area contributed by atoms with Crippen LogP contribution in [-0.4, -0.2) is 31.1 Å². The molecule has 1 atom stereocenters. The first-order valence-electron chi connectivity index (χ1n) is 5.90. The quantitative estimate of drug-likeness (QED) is 0.919. The number of rotatable bonds is 3. The smallest absolute Gasteiger partial charge is 0.0558 e. The van der Waals surface area contributed by atoms with Crippen molar-refractivity contribution >= 4 is 35.3 Å². The zero-order chi connectivity index (χ0) is 11.4. The highest BCUT2D eigenvalue weighted by Crippen LogP contribution is 2.25. The standard InChI is InChI=1S/C12H19ClN2S.ClH/c1-15(9-12-11(13)5-8-16-12)10-3-2-6-14-7-4-10;/h5,8,10,14H,2-4,6-7,9H2,1H3;1H. The van der Waals surface area contributed by atoms with E-state index in [0.717, 1.165) is 18.1 Å². The Morgan fingerprint density at radius 1 is 1.47 bits per heavy atom. The van der Waals surface area contributed by atoms with E-state index in [2.05, 4.69) is 22.6 Å². The summed E-state index contributed by atoms with van der Waals surface area (Å²) in [5, 5.41) is 6.44. The van der Waals surface area contributed by atoms with Gasteiger partial charge in [0.1, 0.15) is 0 Å². The Morgan fingerprint density at radius 2 is 2.29 bits per heavy atom. The predicted octanol–water partition coefficient (Wildman–Crippen LogP) is 3.40. The monoisotopic (exact) mass is 294 g/mol. The van der Waals surface area contributed by atoms with Crippen molar-refractivity contribution in [2.24, 2.45) is 0 Å². The lowest BCUT2D eigenvalue weighted by molar-refractivity contribution is 0.218. The number of nitrogens with zero attached hydrogens (tertiary/aromatic N) is 1. The van der Waals surface area contributed by atoms with Crippen LogP contribution in [0.25, 0.3) is 0 Å². The second kappa shape index (κ2) is 7.59. The molecule has 1 fully saturated rings. The maximum absolute atomic E-state index is 6.13. The molecule has 98 valence electrons. The minimum absolute atomic E-state index is 0. The molecule has 0 amide bonds. The molecule has 0 aromatic carbocycles. The van der Waals surface area contributed by atoms with E-state index in [1.165, 1.54) is 30.7 Å². The van der Waals surface area contributed by atoms with Gasteiger partial charge in [0.05, 0.1) is 5.02 Å². The fourth-order valence-corrected chi connectivity index (χ4v) is 3.39. The van der Waals surface area contributed by atoms with E-state index in [9.17, 15) is 0 Å². The first-order valence-corrected chi connectivity index (χ1v) is 7.16. The first-order chi connectivity index (χ1) is 7.77. The number of nitrogens with one attached hydrogen (secondary N) is 1. The third-order valence-corrected chi connectivity index (χ3v) is 4.62. The van der Waals surface area contributed by atoms with Crippen LogP contribution in [0, 0.1) is 0 Å². The van der Waals surface area contributed by atoms with Gasteiger partial charge in [-0.2, -0.15) is 0 Å². The SMILES string of the molecule is CN(Cc1sccc1Cl)C1CCCNCC1.Cl. The molecule has 0 spiro atoms. The summed E-state index contributed by atoms with van der Waals surface area (Å²) in [6.45, 7) is 3.30. The summed E-state index contributed by atoms with van der Waals surface area (Å²) >= 11 is 7.88. The van der Waals surface area contributed by atoms with Crippen molar-refractivity contribution in [3.63, 3.8) is 0 Å². The molecule has 1 aliphatic rings. The van der Waals surface area contributed by atoms with E-state index < -0.39 is 0 Å². The Hall–Kier alpha value is 0.200. The van der Waals surface area contributed by atoms with E-state index in [-0.39, 0.29) is 12.4 Å². The third-order valence-electron chi connectivity index (χ3n) is 3.25. The van der Waals surface area contributed by atoms with Crippen LogP contribution >= 0.6 is 35.3 Å². The second-order valence-corrected chi connectivity index (χ2v) is 5.85. The number of halogens is 2. The van der Waals surface area contributed by atoms with Crippen LogP contribution in [-0.2, 0) is 6.54 Å². The summed E-state index contributed by atoms with van der Waals surface area (Å²) in [5.74, 6) is 0. The number of thiophene rings is 1. The summed E-state index contributed by atoms with van der Waals surface area (Å²) < 4.78 is 0. The molecule has 2 nitrogen and oxygen atoms in total.